The molecule has 0 saturated carbocycles. The highest BCUT2D eigenvalue weighted by atomic mass is 32.2. The molecule has 3 rings (SSSR count). The number of sulfonamides is 1. The van der Waals surface area contributed by atoms with Gasteiger partial charge in [-0.05, 0) is 35.9 Å². The number of carboxylic acid groups (broad SMARTS) is 1. The average Bonchev–Trinajstić information content (AvgIpc) is 2.67. The van der Waals surface area contributed by atoms with Crippen molar-refractivity contribution in [3.05, 3.63) is 78.4 Å². The molecule has 138 valence electrons. The van der Waals surface area contributed by atoms with Gasteiger partial charge in [0, 0.05) is 5.56 Å². The second kappa shape index (κ2) is 7.10. The largest absolute Gasteiger partial charge is 0.507 e. The number of phenols is 1. The van der Waals surface area contributed by atoms with E-state index in [-0.39, 0.29) is 26.4 Å². The lowest BCUT2D eigenvalue weighted by atomic mass is 10.1. The summed E-state index contributed by atoms with van der Waals surface area (Å²) in [6.07, 6.45) is 0. The lowest BCUT2D eigenvalue weighted by Gasteiger charge is -2.19. The Bertz CT molecular complexity index is 1110. The molecule has 0 atom stereocenters. The molecule has 0 aliphatic carbocycles. The topological polar surface area (TPSA) is 115 Å². The Hall–Kier alpha value is -3.36. The van der Waals surface area contributed by atoms with Crippen LogP contribution < -0.4 is 4.47 Å². The molecule has 7 nitrogen and oxygen atoms in total. The summed E-state index contributed by atoms with van der Waals surface area (Å²) in [6, 6.07) is 17.3. The minimum Gasteiger partial charge on any atom is -0.507 e. The number of rotatable bonds is 5. The van der Waals surface area contributed by atoms with Gasteiger partial charge in [-0.2, -0.15) is 8.42 Å². The van der Waals surface area contributed by atoms with E-state index in [0.29, 0.717) is 11.1 Å². The fourth-order valence-corrected chi connectivity index (χ4v) is 3.74. The van der Waals surface area contributed by atoms with E-state index >= 15 is 0 Å². The van der Waals surface area contributed by atoms with E-state index in [1.54, 1.807) is 24.3 Å². The third-order valence-electron chi connectivity index (χ3n) is 3.92. The zero-order valence-corrected chi connectivity index (χ0v) is 14.7. The predicted molar refractivity (Wildman–Crippen MR) is 98.4 cm³/mol. The number of aromatic carboxylic acids is 1. The molecule has 0 bridgehead atoms. The van der Waals surface area contributed by atoms with Crippen molar-refractivity contribution in [2.75, 3.05) is 4.47 Å². The first-order valence-electron chi connectivity index (χ1n) is 7.77. The molecule has 0 fully saturated rings. The standard InChI is InChI=1S/C19H15NO6S/c21-18-11-4-2-8-15(18)13-6-5-7-14(12-13)27(25,26)20(24)17-10-3-1-9-16(17)19(22)23/h1-12,21,24H,(H,22,23). The van der Waals surface area contributed by atoms with Gasteiger partial charge >= 0.3 is 5.97 Å². The molecule has 0 aliphatic heterocycles. The maximum absolute atomic E-state index is 12.8. The highest BCUT2D eigenvalue weighted by Crippen LogP contribution is 2.32. The summed E-state index contributed by atoms with van der Waals surface area (Å²) in [5.41, 5.74) is 0.109. The number of nitrogens with zero attached hydrogens (tertiary/aromatic N) is 1. The molecule has 0 spiro atoms. The van der Waals surface area contributed by atoms with Gasteiger partial charge in [-0.1, -0.05) is 42.5 Å². The molecule has 0 heterocycles. The number of carboxylic acids is 1. The van der Waals surface area contributed by atoms with Crippen LogP contribution in [0.1, 0.15) is 10.4 Å². The van der Waals surface area contributed by atoms with Crippen LogP contribution in [0.25, 0.3) is 11.1 Å². The van der Waals surface area contributed by atoms with Crippen LogP contribution in [0.4, 0.5) is 5.69 Å². The van der Waals surface area contributed by atoms with Crippen molar-refractivity contribution in [3.8, 4) is 16.9 Å². The number of phenolic OH excluding ortho intramolecular Hbond substituents is 1. The van der Waals surface area contributed by atoms with Gasteiger partial charge < -0.3 is 10.2 Å². The Morgan fingerprint density at radius 3 is 2.26 bits per heavy atom. The third-order valence-corrected chi connectivity index (χ3v) is 5.42. The second-order valence-electron chi connectivity index (χ2n) is 5.62. The molecule has 0 unspecified atom stereocenters. The number of carbonyl (C=O) groups is 1. The first kappa shape index (κ1) is 18.4. The van der Waals surface area contributed by atoms with Gasteiger partial charge in [0.25, 0.3) is 10.0 Å². The highest BCUT2D eigenvalue weighted by molar-refractivity contribution is 7.92. The predicted octanol–water partition coefficient (Wildman–Crippen LogP) is 3.34. The van der Waals surface area contributed by atoms with Crippen LogP contribution in [0.5, 0.6) is 5.75 Å². The van der Waals surface area contributed by atoms with Crippen LogP contribution in [0.15, 0.2) is 77.7 Å². The van der Waals surface area contributed by atoms with Crippen molar-refractivity contribution in [1.82, 2.24) is 0 Å². The Labute approximate surface area is 155 Å². The summed E-state index contributed by atoms with van der Waals surface area (Å²) < 4.78 is 25.5. The van der Waals surface area contributed by atoms with Gasteiger partial charge in [0.15, 0.2) is 0 Å². The highest BCUT2D eigenvalue weighted by Gasteiger charge is 2.27. The molecular formula is C19H15NO6S. The summed E-state index contributed by atoms with van der Waals surface area (Å²) in [4.78, 5) is 11.0. The van der Waals surface area contributed by atoms with E-state index in [1.807, 2.05) is 0 Å². The molecule has 0 aliphatic rings. The second-order valence-corrected chi connectivity index (χ2v) is 7.38. The van der Waals surface area contributed by atoms with Gasteiger partial charge in [0.2, 0.25) is 0 Å². The van der Waals surface area contributed by atoms with E-state index in [2.05, 4.69) is 0 Å². The number of para-hydroxylation sites is 2. The Kier molecular flexibility index (Phi) is 4.85. The quantitative estimate of drug-likeness (QED) is 0.580. The summed E-state index contributed by atoms with van der Waals surface area (Å²) in [5.74, 6) is -1.40. The Balaban J connectivity index is 2.07. The van der Waals surface area contributed by atoms with Gasteiger partial charge in [0.05, 0.1) is 16.1 Å². The lowest BCUT2D eigenvalue weighted by Crippen LogP contribution is -2.28. The summed E-state index contributed by atoms with van der Waals surface area (Å²) in [7, 11) is -4.45. The summed E-state index contributed by atoms with van der Waals surface area (Å²) >= 11 is 0. The van der Waals surface area contributed by atoms with Crippen LogP contribution in [0, 0.1) is 0 Å². The monoisotopic (exact) mass is 385 g/mol. The summed E-state index contributed by atoms with van der Waals surface area (Å²) in [6.45, 7) is 0. The van der Waals surface area contributed by atoms with Gasteiger partial charge in [-0.3, -0.25) is 5.21 Å². The van der Waals surface area contributed by atoms with Crippen LogP contribution in [-0.4, -0.2) is 29.8 Å². The SMILES string of the molecule is O=C(O)c1ccccc1N(O)S(=O)(=O)c1cccc(-c2ccccc2O)c1. The minimum absolute atomic E-state index is 0.0240. The van der Waals surface area contributed by atoms with Crippen molar-refractivity contribution >= 4 is 21.7 Å². The summed E-state index contributed by atoms with van der Waals surface area (Å²) in [5, 5.41) is 29.5. The van der Waals surface area contributed by atoms with Gasteiger partial charge in [0.1, 0.15) is 5.75 Å². The molecule has 0 aromatic heterocycles. The van der Waals surface area contributed by atoms with Crippen molar-refractivity contribution in [1.29, 1.82) is 0 Å². The number of hydrogen-bond donors (Lipinski definition) is 3. The molecule has 3 aromatic rings. The first-order chi connectivity index (χ1) is 12.8. The molecular weight excluding hydrogens is 370 g/mol. The molecule has 27 heavy (non-hydrogen) atoms. The van der Waals surface area contributed by atoms with E-state index < -0.39 is 16.0 Å². The molecule has 0 amide bonds. The molecule has 8 heteroatoms. The van der Waals surface area contributed by atoms with Crippen molar-refractivity contribution in [2.24, 2.45) is 0 Å². The zero-order chi connectivity index (χ0) is 19.6. The van der Waals surface area contributed by atoms with Crippen LogP contribution in [0.3, 0.4) is 0 Å². The van der Waals surface area contributed by atoms with Gasteiger partial charge in [-0.15, -0.1) is 4.47 Å². The van der Waals surface area contributed by atoms with E-state index in [1.165, 1.54) is 48.5 Å². The van der Waals surface area contributed by atoms with Crippen LogP contribution >= 0.6 is 0 Å². The third kappa shape index (κ3) is 3.48. The smallest absolute Gasteiger partial charge is 0.337 e. The van der Waals surface area contributed by atoms with Gasteiger partial charge in [-0.25, -0.2) is 4.79 Å². The average molecular weight is 385 g/mol. The number of aromatic hydroxyl groups is 1. The number of hydrogen-bond acceptors (Lipinski definition) is 5. The Morgan fingerprint density at radius 1 is 0.889 bits per heavy atom. The maximum atomic E-state index is 12.8. The first-order valence-corrected chi connectivity index (χ1v) is 9.21. The fourth-order valence-electron chi connectivity index (χ4n) is 2.59. The molecule has 0 saturated heterocycles. The van der Waals surface area contributed by atoms with Crippen molar-refractivity contribution in [3.63, 3.8) is 0 Å². The van der Waals surface area contributed by atoms with Crippen LogP contribution in [-0.2, 0) is 10.0 Å². The number of anilines is 1. The molecule has 3 aromatic carbocycles. The van der Waals surface area contributed by atoms with Crippen molar-refractivity contribution < 1.29 is 28.6 Å². The molecule has 0 radical (unpaired) electrons. The van der Waals surface area contributed by atoms with E-state index in [0.717, 1.165) is 0 Å². The number of benzene rings is 3. The van der Waals surface area contributed by atoms with E-state index in [9.17, 15) is 28.6 Å². The van der Waals surface area contributed by atoms with Crippen LogP contribution in [0.2, 0.25) is 0 Å². The zero-order valence-electron chi connectivity index (χ0n) is 13.9. The van der Waals surface area contributed by atoms with E-state index in [4.69, 9.17) is 0 Å². The normalized spacial score (nSPS) is 11.1. The minimum atomic E-state index is -4.45. The van der Waals surface area contributed by atoms with Crippen molar-refractivity contribution in [2.45, 2.75) is 4.90 Å². The fraction of sp³-hybridized carbons (Fsp3) is 0. The molecule has 3 N–H and O–H groups in total. The lowest BCUT2D eigenvalue weighted by molar-refractivity contribution is 0.0696. The maximum Gasteiger partial charge on any atom is 0.337 e. The Morgan fingerprint density at radius 2 is 1.56 bits per heavy atom.